The van der Waals surface area contributed by atoms with Gasteiger partial charge in [-0.05, 0) is 31.4 Å². The van der Waals surface area contributed by atoms with Crippen molar-refractivity contribution in [1.82, 2.24) is 5.32 Å². The third kappa shape index (κ3) is 4.65. The molecule has 1 rings (SSSR count). The number of hydrogen-bond acceptors (Lipinski definition) is 5. The summed E-state index contributed by atoms with van der Waals surface area (Å²) in [6, 6.07) is 4.40. The average Bonchev–Trinajstić information content (AvgIpc) is 2.36. The van der Waals surface area contributed by atoms with Gasteiger partial charge >= 0.3 is 0 Å². The highest BCUT2D eigenvalue weighted by Crippen LogP contribution is 2.26. The zero-order chi connectivity index (χ0) is 14.5. The lowest BCUT2D eigenvalue weighted by molar-refractivity contribution is 0.0725. The molecular formula is C13H19NO4S. The molecule has 19 heavy (non-hydrogen) atoms. The van der Waals surface area contributed by atoms with E-state index < -0.39 is 5.60 Å². The molecule has 0 spiro atoms. The van der Waals surface area contributed by atoms with Crippen LogP contribution in [-0.4, -0.2) is 47.4 Å². The number of aliphatic hydroxyl groups is 1. The molecule has 106 valence electrons. The smallest absolute Gasteiger partial charge is 0.251 e. The summed E-state index contributed by atoms with van der Waals surface area (Å²) < 4.78 is 4.90. The number of nitrogens with one attached hydrogen (secondary N) is 1. The molecule has 0 saturated carbocycles. The molecule has 0 aromatic heterocycles. The summed E-state index contributed by atoms with van der Waals surface area (Å²) in [6.07, 6.45) is 1.89. The number of hydrogen-bond donors (Lipinski definition) is 3. The fourth-order valence-electron chi connectivity index (χ4n) is 1.57. The third-order valence-corrected chi connectivity index (χ3v) is 3.44. The molecule has 0 radical (unpaired) electrons. The van der Waals surface area contributed by atoms with Crippen LogP contribution in [0.5, 0.6) is 11.5 Å². The van der Waals surface area contributed by atoms with Crippen LogP contribution in [0.3, 0.4) is 0 Å². The van der Waals surface area contributed by atoms with E-state index in [1.807, 2.05) is 6.26 Å². The Morgan fingerprint density at radius 2 is 2.21 bits per heavy atom. The SMILES string of the molecule is COc1ccc(C(=O)NCC(C)(O)CSC)cc1O. The van der Waals surface area contributed by atoms with Gasteiger partial charge < -0.3 is 20.3 Å². The second-order valence-electron chi connectivity index (χ2n) is 4.50. The monoisotopic (exact) mass is 285 g/mol. The van der Waals surface area contributed by atoms with Gasteiger partial charge in [-0.2, -0.15) is 11.8 Å². The van der Waals surface area contributed by atoms with Gasteiger partial charge in [0.25, 0.3) is 5.91 Å². The predicted octanol–water partition coefficient (Wildman–Crippen LogP) is 1.24. The van der Waals surface area contributed by atoms with Crippen LogP contribution in [0, 0.1) is 0 Å². The van der Waals surface area contributed by atoms with E-state index >= 15 is 0 Å². The Kier molecular flexibility index (Phi) is 5.50. The van der Waals surface area contributed by atoms with E-state index in [0.29, 0.717) is 17.1 Å². The third-order valence-electron chi connectivity index (χ3n) is 2.53. The molecule has 3 N–H and O–H groups in total. The molecule has 1 atom stereocenters. The molecule has 6 heteroatoms. The molecular weight excluding hydrogens is 266 g/mol. The minimum atomic E-state index is -0.955. The minimum Gasteiger partial charge on any atom is -0.504 e. The summed E-state index contributed by atoms with van der Waals surface area (Å²) in [6.45, 7) is 1.81. The van der Waals surface area contributed by atoms with Gasteiger partial charge in [0.1, 0.15) is 0 Å². The van der Waals surface area contributed by atoms with Gasteiger partial charge in [-0.15, -0.1) is 0 Å². The van der Waals surface area contributed by atoms with E-state index in [2.05, 4.69) is 5.32 Å². The summed E-state index contributed by atoms with van der Waals surface area (Å²) >= 11 is 1.51. The molecule has 1 aromatic rings. The second-order valence-corrected chi connectivity index (χ2v) is 5.37. The van der Waals surface area contributed by atoms with E-state index in [1.54, 1.807) is 13.0 Å². The fourth-order valence-corrected chi connectivity index (χ4v) is 2.29. The highest BCUT2D eigenvalue weighted by atomic mass is 32.2. The Labute approximate surface area is 117 Å². The highest BCUT2D eigenvalue weighted by Gasteiger charge is 2.21. The number of aromatic hydroxyl groups is 1. The van der Waals surface area contributed by atoms with E-state index in [1.165, 1.54) is 31.0 Å². The molecule has 0 heterocycles. The van der Waals surface area contributed by atoms with Gasteiger partial charge in [0.2, 0.25) is 0 Å². The van der Waals surface area contributed by atoms with Crippen LogP contribution < -0.4 is 10.1 Å². The first-order valence-corrected chi connectivity index (χ1v) is 7.15. The Bertz CT molecular complexity index is 448. The van der Waals surface area contributed by atoms with Gasteiger partial charge in [0, 0.05) is 17.9 Å². The highest BCUT2D eigenvalue weighted by molar-refractivity contribution is 7.98. The van der Waals surface area contributed by atoms with Crippen molar-refractivity contribution in [2.75, 3.05) is 25.7 Å². The Morgan fingerprint density at radius 1 is 1.53 bits per heavy atom. The first-order valence-electron chi connectivity index (χ1n) is 5.76. The number of ether oxygens (including phenoxy) is 1. The fraction of sp³-hybridized carbons (Fsp3) is 0.462. The van der Waals surface area contributed by atoms with Gasteiger partial charge in [-0.25, -0.2) is 0 Å². The summed E-state index contributed by atoms with van der Waals surface area (Å²) in [4.78, 5) is 11.9. The maximum Gasteiger partial charge on any atom is 0.251 e. The molecule has 0 aliphatic heterocycles. The number of phenolic OH excluding ortho intramolecular Hbond substituents is 1. The van der Waals surface area contributed by atoms with Crippen molar-refractivity contribution in [2.24, 2.45) is 0 Å². The van der Waals surface area contributed by atoms with Gasteiger partial charge in [-0.3, -0.25) is 4.79 Å². The first-order chi connectivity index (χ1) is 8.89. The molecule has 0 aliphatic rings. The molecule has 5 nitrogen and oxygen atoms in total. The van der Waals surface area contributed by atoms with Gasteiger partial charge in [0.05, 0.1) is 12.7 Å². The Hall–Kier alpha value is -1.40. The number of carbonyl (C=O) groups is 1. The van der Waals surface area contributed by atoms with Crippen LogP contribution in [0.2, 0.25) is 0 Å². The van der Waals surface area contributed by atoms with Crippen LogP contribution in [0.1, 0.15) is 17.3 Å². The molecule has 1 amide bonds. The summed E-state index contributed by atoms with van der Waals surface area (Å²) in [7, 11) is 1.44. The van der Waals surface area contributed by atoms with Gasteiger partial charge in [0.15, 0.2) is 11.5 Å². The molecule has 1 unspecified atom stereocenters. The van der Waals surface area contributed by atoms with Crippen LogP contribution >= 0.6 is 11.8 Å². The average molecular weight is 285 g/mol. The number of methoxy groups -OCH3 is 1. The van der Waals surface area contributed by atoms with Crippen molar-refractivity contribution in [3.63, 3.8) is 0 Å². The number of carbonyl (C=O) groups excluding carboxylic acids is 1. The van der Waals surface area contributed by atoms with E-state index in [-0.39, 0.29) is 18.2 Å². The van der Waals surface area contributed by atoms with Crippen molar-refractivity contribution < 1.29 is 19.7 Å². The lowest BCUT2D eigenvalue weighted by atomic mass is 10.1. The van der Waals surface area contributed by atoms with Crippen LogP contribution in [0.25, 0.3) is 0 Å². The van der Waals surface area contributed by atoms with Crippen molar-refractivity contribution >= 4 is 17.7 Å². The molecule has 0 aliphatic carbocycles. The largest absolute Gasteiger partial charge is 0.504 e. The summed E-state index contributed by atoms with van der Waals surface area (Å²) in [5.74, 6) is 0.400. The van der Waals surface area contributed by atoms with Crippen LogP contribution in [0.4, 0.5) is 0 Å². The van der Waals surface area contributed by atoms with Crippen LogP contribution in [0.15, 0.2) is 18.2 Å². The number of thioether (sulfide) groups is 1. The standard InChI is InChI=1S/C13H19NO4S/c1-13(17,8-19-3)7-14-12(16)9-4-5-11(18-2)10(15)6-9/h4-6,15,17H,7-8H2,1-3H3,(H,14,16). The number of phenols is 1. The maximum atomic E-state index is 11.9. The number of amides is 1. The summed E-state index contributed by atoms with van der Waals surface area (Å²) in [5.41, 5.74) is -0.637. The van der Waals surface area contributed by atoms with E-state index in [4.69, 9.17) is 4.74 Å². The van der Waals surface area contributed by atoms with E-state index in [0.717, 1.165) is 0 Å². The normalized spacial score (nSPS) is 13.7. The predicted molar refractivity (Wildman–Crippen MR) is 76.0 cm³/mol. The molecule has 1 aromatic carbocycles. The number of benzene rings is 1. The zero-order valence-corrected chi connectivity index (χ0v) is 12.1. The first kappa shape index (κ1) is 15.7. The molecule has 0 saturated heterocycles. The van der Waals surface area contributed by atoms with Crippen molar-refractivity contribution in [1.29, 1.82) is 0 Å². The Morgan fingerprint density at radius 3 is 2.74 bits per heavy atom. The molecule has 0 bridgehead atoms. The van der Waals surface area contributed by atoms with Gasteiger partial charge in [-0.1, -0.05) is 0 Å². The Balaban J connectivity index is 2.66. The lowest BCUT2D eigenvalue weighted by Crippen LogP contribution is -2.42. The molecule has 0 fully saturated rings. The van der Waals surface area contributed by atoms with Crippen molar-refractivity contribution in [3.05, 3.63) is 23.8 Å². The maximum absolute atomic E-state index is 11.9. The lowest BCUT2D eigenvalue weighted by Gasteiger charge is -2.22. The topological polar surface area (TPSA) is 78.8 Å². The minimum absolute atomic E-state index is 0.0916. The van der Waals surface area contributed by atoms with E-state index in [9.17, 15) is 15.0 Å². The second kappa shape index (κ2) is 6.68. The number of rotatable bonds is 6. The van der Waals surface area contributed by atoms with Crippen LogP contribution in [-0.2, 0) is 0 Å². The zero-order valence-electron chi connectivity index (χ0n) is 11.3. The van der Waals surface area contributed by atoms with Crippen molar-refractivity contribution in [3.8, 4) is 11.5 Å². The quantitative estimate of drug-likeness (QED) is 0.733. The summed E-state index contributed by atoms with van der Waals surface area (Å²) in [5, 5.41) is 22.2. The van der Waals surface area contributed by atoms with Crippen molar-refractivity contribution in [2.45, 2.75) is 12.5 Å².